The molecule has 20 rings (SSSR count). The first-order valence-corrected chi connectivity index (χ1v) is 54.6. The van der Waals surface area contributed by atoms with Crippen LogP contribution in [0.3, 0.4) is 0 Å². The zero-order valence-corrected chi connectivity index (χ0v) is 91.7. The highest BCUT2D eigenvalue weighted by Crippen LogP contribution is 2.50. The van der Waals surface area contributed by atoms with Gasteiger partial charge in [-0.3, -0.25) is 23.2 Å². The highest BCUT2D eigenvalue weighted by molar-refractivity contribution is 9.09. The Morgan fingerprint density at radius 3 is 0.732 bits per heavy atom. The molecule has 19 nitrogen and oxygen atoms in total. The second kappa shape index (κ2) is 54.6. The number of hydrogen-bond acceptors (Lipinski definition) is 10. The van der Waals surface area contributed by atoms with E-state index in [1.54, 1.807) is 11.2 Å². The van der Waals surface area contributed by atoms with Crippen LogP contribution in [0.5, 0.6) is 0 Å². The Morgan fingerprint density at radius 2 is 0.500 bits per heavy atom. The zero-order valence-electron chi connectivity index (χ0n) is 79.6. The van der Waals surface area contributed by atoms with E-state index in [-0.39, 0.29) is 102 Å². The predicted molar refractivity (Wildman–Crippen MR) is 537 cm³/mol. The Morgan fingerprint density at radius 1 is 0.282 bits per heavy atom. The summed E-state index contributed by atoms with van der Waals surface area (Å²) in [6, 6.07) is 94.8. The van der Waals surface area contributed by atoms with E-state index in [4.69, 9.17) is 32.4 Å². The second-order valence-electron chi connectivity index (χ2n) is 33.5. The molecular weight excluding hydrogens is 2160 g/mol. The minimum absolute atomic E-state index is 0. The van der Waals surface area contributed by atoms with Crippen molar-refractivity contribution in [2.75, 3.05) is 69.7 Å². The quantitative estimate of drug-likeness (QED) is 0.0387. The number of halogens is 8. The number of fused-ring (bicyclic) bond motifs is 12. The highest BCUT2D eigenvalue weighted by atomic mass is 79.9. The van der Waals surface area contributed by atoms with Crippen LogP contribution in [0.2, 0.25) is 0 Å². The Balaban J connectivity index is 0.000000203. The monoisotopic (exact) mass is 2270 g/mol. The molecule has 0 radical (unpaired) electrons. The molecule has 142 heavy (non-hydrogen) atoms. The highest BCUT2D eigenvalue weighted by Gasteiger charge is 2.30. The zero-order chi connectivity index (χ0) is 93.9. The molecule has 2 N–H and O–H groups in total. The molecule has 0 spiro atoms. The van der Waals surface area contributed by atoms with Crippen molar-refractivity contribution < 1.29 is 179 Å². The van der Waals surface area contributed by atoms with E-state index in [1.807, 2.05) is 118 Å². The largest absolute Gasteiger partial charge is 1.00 e. The molecular formula is C111H114Br3Cl5N8O11P4. The Labute approximate surface area is 893 Å². The number of benzene rings is 8. The van der Waals surface area contributed by atoms with Gasteiger partial charge in [-0.05, 0) is 230 Å². The fraction of sp³-hybridized carbons (Fsp3) is 0.207. The van der Waals surface area contributed by atoms with Crippen molar-refractivity contribution in [2.45, 2.75) is 79.9 Å². The maximum atomic E-state index is 12.7. The fourth-order valence-corrected chi connectivity index (χ4v) is 24.2. The summed E-state index contributed by atoms with van der Waals surface area (Å²) < 4.78 is 88.6. The minimum atomic E-state index is -3.98. The standard InChI is InChI=1S/2C29H31N2O3P.C25H21N2O3P.C23H17N2.C5H12BrO2P.2BrH.5ClH/c2*1-3-33-35(32,34-4-2)20-19-30-15-11-23(12-16-30)24-13-17-31(18-14-24)27-9-10-29-26(22-27)21-25-7-5-6-8-28(25)29;28-31(29,30)16-15-26-11-7-19(8-12-26)20-9-13-27(14-10-20)23-5-6-25-22(18-23)17-21-3-1-2-4-24(21)25;1-2-4-22-19(3-1)15-20-16-21(5-6-23(20)22)25-13-9-18(10-14-25)17-7-11-24-12-8-17;1-3-8-9(2,7)5-4-6;;;;;;;/h2*5-18,22H,3-4,19-21H2,1-2H3;1-14,18H,15-17H2;1-14,16H,15H2;3-5H2,1-2H3;7*1H/q2*+2;;+1;;;;;;;;/p-5. The summed E-state index contributed by atoms with van der Waals surface area (Å²) in [4.78, 5) is 22.1. The number of hydrogen-bond donors (Lipinski definition) is 2. The molecule has 0 fully saturated rings. The average molecular weight is 2280 g/mol. The molecule has 4 aliphatic rings. The van der Waals surface area contributed by atoms with E-state index in [0.717, 1.165) is 70.1 Å². The third-order valence-corrected chi connectivity index (χ3v) is 32.2. The van der Waals surface area contributed by atoms with Gasteiger partial charge in [-0.25, -0.2) is 13.7 Å². The number of alkyl halides is 1. The minimum Gasteiger partial charge on any atom is -1.00 e. The van der Waals surface area contributed by atoms with Gasteiger partial charge in [0.15, 0.2) is 106 Å². The van der Waals surface area contributed by atoms with Crippen LogP contribution in [0.4, 0.5) is 0 Å². The van der Waals surface area contributed by atoms with Gasteiger partial charge in [0, 0.05) is 164 Å². The predicted octanol–water partition coefficient (Wildman–Crippen LogP) is 1.13. The van der Waals surface area contributed by atoms with E-state index in [1.165, 1.54) is 117 Å². The number of nitrogens with zero attached hydrogens (tertiary/aromatic N) is 8. The van der Waals surface area contributed by atoms with Gasteiger partial charge in [0.2, 0.25) is 30.1 Å². The summed E-state index contributed by atoms with van der Waals surface area (Å²) in [5.41, 5.74) is 35.7. The summed E-state index contributed by atoms with van der Waals surface area (Å²) in [5, 5.41) is 0.751. The second-order valence-corrected chi connectivity index (χ2v) is 43.1. The Bertz CT molecular complexity index is 6800. The molecule has 0 aliphatic heterocycles. The molecule has 16 aromatic rings. The van der Waals surface area contributed by atoms with E-state index < -0.39 is 30.2 Å². The van der Waals surface area contributed by atoms with E-state index in [0.29, 0.717) is 71.2 Å². The van der Waals surface area contributed by atoms with Crippen LogP contribution < -0.4 is 128 Å². The maximum Gasteiger partial charge on any atom is 0.337 e. The first-order valence-electron chi connectivity index (χ1n) is 46.0. The van der Waals surface area contributed by atoms with Crippen LogP contribution in [0, 0.1) is 0 Å². The molecule has 0 amide bonds. The number of aryl methyl sites for hydroxylation is 3. The van der Waals surface area contributed by atoms with Crippen molar-refractivity contribution in [3.63, 3.8) is 0 Å². The molecule has 8 heterocycles. The van der Waals surface area contributed by atoms with Crippen molar-refractivity contribution in [2.24, 2.45) is 0 Å². The van der Waals surface area contributed by atoms with Crippen LogP contribution in [0.25, 0.3) is 112 Å². The summed E-state index contributed by atoms with van der Waals surface area (Å²) in [7, 11) is -12.3. The van der Waals surface area contributed by atoms with E-state index >= 15 is 0 Å². The van der Waals surface area contributed by atoms with Gasteiger partial charge >= 0.3 is 22.8 Å². The fourth-order valence-electron chi connectivity index (χ4n) is 17.6. The van der Waals surface area contributed by atoms with E-state index in [2.05, 4.69) is 331 Å². The molecule has 8 aromatic heterocycles. The molecule has 0 bridgehead atoms. The van der Waals surface area contributed by atoms with Crippen molar-refractivity contribution in [3.8, 4) is 112 Å². The number of rotatable bonds is 29. The van der Waals surface area contributed by atoms with Crippen molar-refractivity contribution in [1.82, 2.24) is 4.98 Å². The molecule has 1 unspecified atom stereocenters. The lowest BCUT2D eigenvalue weighted by molar-refractivity contribution is -0.692. The Hall–Kier alpha value is -9.51. The first-order chi connectivity index (χ1) is 65.6. The normalized spacial score (nSPS) is 12.0. The molecule has 8 aromatic carbocycles. The summed E-state index contributed by atoms with van der Waals surface area (Å²) in [6.45, 7) is 14.4. The SMILES string of the molecule is CCOP(=O)(CC[n+]1ccc(-c2cc[n+](-c3ccc4c(c3)Cc3ccccc3-4)cc2)cc1)OCC.CCOP(=O)(CC[n+]1ccc(-c2cc[n+](-c3ccc4c(c3)Cc3ccccc3-4)cc2)cc1)OCC.CCOP(C)(=O)CCBr.O=P(O)(O)CC[n+]1ccc(-c2cc[n+](-c3ccc4c(c3)Cc3ccccc3-4)cc2)cc1.[Br-].[Br-].[Cl-].[Cl-].[Cl-].[Cl-].[Cl-].c1ccc2c(c1)Cc1cc(-[n+]3ccc(-c4ccncc4)cc3)ccc1-2. The van der Waals surface area contributed by atoms with Gasteiger partial charge in [0.25, 0.3) is 0 Å². The van der Waals surface area contributed by atoms with Gasteiger partial charge in [0.05, 0.1) is 33.0 Å². The molecule has 1 atom stereocenters. The molecule has 4 aliphatic carbocycles. The van der Waals surface area contributed by atoms with Crippen LogP contribution in [0.1, 0.15) is 79.1 Å². The van der Waals surface area contributed by atoms with Crippen molar-refractivity contribution in [1.29, 1.82) is 0 Å². The third-order valence-electron chi connectivity index (χ3n) is 24.4. The van der Waals surface area contributed by atoms with Gasteiger partial charge < -0.3 is 128 Å². The number of pyridine rings is 8. The van der Waals surface area contributed by atoms with Gasteiger partial charge in [-0.1, -0.05) is 113 Å². The third kappa shape index (κ3) is 29.9. The lowest BCUT2D eigenvalue weighted by atomic mass is 10.1. The average Bonchev–Trinajstić information content (AvgIpc) is 1.65. The van der Waals surface area contributed by atoms with Crippen LogP contribution in [-0.4, -0.2) is 84.4 Å². The molecule has 0 saturated carbocycles. The summed E-state index contributed by atoms with van der Waals surface area (Å²) in [5.74, 6) is 0. The van der Waals surface area contributed by atoms with Gasteiger partial charge in [-0.15, -0.1) is 0 Å². The Kier molecular flexibility index (Phi) is 44.6. The first kappa shape index (κ1) is 116. The van der Waals surface area contributed by atoms with Crippen LogP contribution >= 0.6 is 46.1 Å². The van der Waals surface area contributed by atoms with E-state index in [9.17, 15) is 18.3 Å². The maximum absolute atomic E-state index is 12.7. The van der Waals surface area contributed by atoms with Crippen molar-refractivity contribution in [3.05, 3.63) is 411 Å². The lowest BCUT2D eigenvalue weighted by Gasteiger charge is -2.15. The topological polar surface area (TPSA) is 195 Å². The molecule has 0 saturated heterocycles. The lowest BCUT2D eigenvalue weighted by Crippen LogP contribution is -3.00. The molecule has 31 heteroatoms. The van der Waals surface area contributed by atoms with Crippen LogP contribution in [0.15, 0.2) is 366 Å². The van der Waals surface area contributed by atoms with Crippen LogP contribution in [-0.2, 0) is 86.2 Å². The summed E-state index contributed by atoms with van der Waals surface area (Å²) in [6.07, 6.45) is 37.4. The van der Waals surface area contributed by atoms with Gasteiger partial charge in [-0.2, -0.15) is 18.3 Å². The van der Waals surface area contributed by atoms with Gasteiger partial charge in [0.1, 0.15) is 18.5 Å². The molecule has 740 valence electrons. The smallest absolute Gasteiger partial charge is 0.337 e. The summed E-state index contributed by atoms with van der Waals surface area (Å²) >= 11 is 3.20. The van der Waals surface area contributed by atoms with Crippen molar-refractivity contribution >= 4 is 46.1 Å². The number of aromatic nitrogens is 8.